The van der Waals surface area contributed by atoms with Crippen LogP contribution in [-0.2, 0) is 14.8 Å². The van der Waals surface area contributed by atoms with Gasteiger partial charge in [-0.3, -0.25) is 4.31 Å². The third-order valence-corrected chi connectivity index (χ3v) is 5.37. The SMILES string of the molecule is CC(C(=O)O)N(c1ccc(F)c(Cl)c1)S(=O)(=O)c1ccccc1. The summed E-state index contributed by atoms with van der Waals surface area (Å²) in [6, 6.07) is 9.21. The van der Waals surface area contributed by atoms with E-state index in [9.17, 15) is 22.7 Å². The quantitative estimate of drug-likeness (QED) is 0.892. The molecule has 23 heavy (non-hydrogen) atoms. The summed E-state index contributed by atoms with van der Waals surface area (Å²) in [5, 5.41) is 8.94. The zero-order valence-electron chi connectivity index (χ0n) is 12.0. The van der Waals surface area contributed by atoms with Crippen LogP contribution in [0.2, 0.25) is 5.02 Å². The van der Waals surface area contributed by atoms with Gasteiger partial charge in [-0.15, -0.1) is 0 Å². The van der Waals surface area contributed by atoms with Gasteiger partial charge in [0.05, 0.1) is 15.6 Å². The Balaban J connectivity index is 2.63. The van der Waals surface area contributed by atoms with Crippen molar-refractivity contribution in [2.24, 2.45) is 0 Å². The van der Waals surface area contributed by atoms with Crippen molar-refractivity contribution in [2.75, 3.05) is 4.31 Å². The second-order valence-corrected chi connectivity index (χ2v) is 6.95. The zero-order valence-corrected chi connectivity index (χ0v) is 13.6. The van der Waals surface area contributed by atoms with E-state index in [0.29, 0.717) is 4.31 Å². The first kappa shape index (κ1) is 17.2. The van der Waals surface area contributed by atoms with Gasteiger partial charge in [0, 0.05) is 0 Å². The lowest BCUT2D eigenvalue weighted by molar-refractivity contribution is -0.137. The monoisotopic (exact) mass is 357 g/mol. The Kier molecular flexibility index (Phi) is 4.91. The van der Waals surface area contributed by atoms with Crippen LogP contribution in [0, 0.1) is 5.82 Å². The number of carboxylic acid groups (broad SMARTS) is 1. The molecule has 0 heterocycles. The molecule has 0 spiro atoms. The molecule has 0 saturated heterocycles. The predicted octanol–water partition coefficient (Wildman–Crippen LogP) is 3.15. The van der Waals surface area contributed by atoms with Gasteiger partial charge in [0.1, 0.15) is 11.9 Å². The molecule has 0 radical (unpaired) electrons. The molecule has 2 aromatic carbocycles. The van der Waals surface area contributed by atoms with Gasteiger partial charge in [-0.05, 0) is 37.3 Å². The normalized spacial score (nSPS) is 12.7. The number of hydrogen-bond donors (Lipinski definition) is 1. The van der Waals surface area contributed by atoms with Crippen LogP contribution in [0.5, 0.6) is 0 Å². The lowest BCUT2D eigenvalue weighted by Gasteiger charge is -2.28. The Morgan fingerprint density at radius 3 is 2.35 bits per heavy atom. The number of rotatable bonds is 5. The minimum atomic E-state index is -4.16. The van der Waals surface area contributed by atoms with Crippen molar-refractivity contribution in [3.63, 3.8) is 0 Å². The van der Waals surface area contributed by atoms with E-state index in [1.54, 1.807) is 6.07 Å². The van der Waals surface area contributed by atoms with Gasteiger partial charge in [0.25, 0.3) is 10.0 Å². The molecule has 8 heteroatoms. The summed E-state index contributed by atoms with van der Waals surface area (Å²) in [5.74, 6) is -2.07. The number of halogens is 2. The number of benzene rings is 2. The second kappa shape index (κ2) is 6.55. The highest BCUT2D eigenvalue weighted by atomic mass is 35.5. The topological polar surface area (TPSA) is 74.7 Å². The third-order valence-electron chi connectivity index (χ3n) is 3.17. The van der Waals surface area contributed by atoms with Crippen molar-refractivity contribution in [1.29, 1.82) is 0 Å². The van der Waals surface area contributed by atoms with Crippen LogP contribution in [0.15, 0.2) is 53.4 Å². The van der Waals surface area contributed by atoms with E-state index >= 15 is 0 Å². The minimum Gasteiger partial charge on any atom is -0.480 e. The van der Waals surface area contributed by atoms with E-state index in [4.69, 9.17) is 11.6 Å². The fourth-order valence-electron chi connectivity index (χ4n) is 2.00. The molecule has 0 aliphatic carbocycles. The van der Waals surface area contributed by atoms with E-state index in [1.165, 1.54) is 37.3 Å². The van der Waals surface area contributed by atoms with Gasteiger partial charge in [-0.1, -0.05) is 29.8 Å². The molecule has 0 amide bonds. The summed E-state index contributed by atoms with van der Waals surface area (Å²) in [5.41, 5.74) is -0.0323. The summed E-state index contributed by atoms with van der Waals surface area (Å²) in [7, 11) is -4.16. The number of nitrogens with zero attached hydrogens (tertiary/aromatic N) is 1. The van der Waals surface area contributed by atoms with E-state index in [-0.39, 0.29) is 15.6 Å². The molecule has 0 aliphatic heterocycles. The summed E-state index contributed by atoms with van der Waals surface area (Å²) in [6.45, 7) is 1.22. The highest BCUT2D eigenvalue weighted by molar-refractivity contribution is 7.92. The number of anilines is 1. The number of sulfonamides is 1. The first-order valence-corrected chi connectivity index (χ1v) is 8.34. The minimum absolute atomic E-state index is 0.0323. The molecule has 0 aliphatic rings. The van der Waals surface area contributed by atoms with Crippen LogP contribution in [0.25, 0.3) is 0 Å². The van der Waals surface area contributed by atoms with Crippen LogP contribution in [-0.4, -0.2) is 25.5 Å². The molecule has 1 N–H and O–H groups in total. The van der Waals surface area contributed by atoms with Crippen molar-refractivity contribution >= 4 is 33.3 Å². The molecule has 2 aromatic rings. The van der Waals surface area contributed by atoms with Gasteiger partial charge < -0.3 is 5.11 Å². The summed E-state index contributed by atoms with van der Waals surface area (Å²) >= 11 is 5.69. The summed E-state index contributed by atoms with van der Waals surface area (Å²) < 4.78 is 39.6. The molecule has 0 saturated carbocycles. The third kappa shape index (κ3) is 3.46. The molecule has 2 rings (SSSR count). The van der Waals surface area contributed by atoms with Gasteiger partial charge in [0.15, 0.2) is 0 Å². The number of aliphatic carboxylic acids is 1. The Bertz CT molecular complexity index is 827. The molecule has 0 bridgehead atoms. The number of hydrogen-bond acceptors (Lipinski definition) is 3. The molecule has 1 unspecified atom stereocenters. The van der Waals surface area contributed by atoms with Crippen LogP contribution < -0.4 is 4.31 Å². The zero-order chi connectivity index (χ0) is 17.2. The second-order valence-electron chi connectivity index (χ2n) is 4.73. The van der Waals surface area contributed by atoms with Crippen molar-refractivity contribution in [2.45, 2.75) is 17.9 Å². The Morgan fingerprint density at radius 2 is 1.83 bits per heavy atom. The largest absolute Gasteiger partial charge is 0.480 e. The molecule has 1 atom stereocenters. The van der Waals surface area contributed by atoms with Gasteiger partial charge in [-0.2, -0.15) is 0 Å². The van der Waals surface area contributed by atoms with E-state index in [0.717, 1.165) is 12.1 Å². The Labute approximate surface area is 138 Å². The molecular weight excluding hydrogens is 345 g/mol. The maximum absolute atomic E-state index is 13.3. The Morgan fingerprint density at radius 1 is 1.22 bits per heavy atom. The van der Waals surface area contributed by atoms with Crippen LogP contribution >= 0.6 is 11.6 Å². The first-order chi connectivity index (χ1) is 10.7. The lowest BCUT2D eigenvalue weighted by Crippen LogP contribution is -2.43. The molecule has 0 fully saturated rings. The predicted molar refractivity (Wildman–Crippen MR) is 84.6 cm³/mol. The highest BCUT2D eigenvalue weighted by Gasteiger charge is 2.33. The average Bonchev–Trinajstić information content (AvgIpc) is 2.51. The number of carboxylic acids is 1. The fraction of sp³-hybridized carbons (Fsp3) is 0.133. The smallest absolute Gasteiger partial charge is 0.327 e. The van der Waals surface area contributed by atoms with Gasteiger partial charge in [-0.25, -0.2) is 17.6 Å². The van der Waals surface area contributed by atoms with Gasteiger partial charge >= 0.3 is 5.97 Å². The fourth-order valence-corrected chi connectivity index (χ4v) is 3.80. The van der Waals surface area contributed by atoms with Crippen LogP contribution in [0.3, 0.4) is 0 Å². The summed E-state index contributed by atoms with van der Waals surface area (Å²) in [4.78, 5) is 11.3. The summed E-state index contributed by atoms with van der Waals surface area (Å²) in [6.07, 6.45) is 0. The Hall–Kier alpha value is -2.12. The van der Waals surface area contributed by atoms with Crippen LogP contribution in [0.1, 0.15) is 6.92 Å². The van der Waals surface area contributed by atoms with Crippen molar-refractivity contribution in [1.82, 2.24) is 0 Å². The highest BCUT2D eigenvalue weighted by Crippen LogP contribution is 2.29. The maximum Gasteiger partial charge on any atom is 0.327 e. The number of carbonyl (C=O) groups is 1. The van der Waals surface area contributed by atoms with E-state index in [2.05, 4.69) is 0 Å². The maximum atomic E-state index is 13.3. The molecule has 0 aromatic heterocycles. The molecule has 5 nitrogen and oxygen atoms in total. The average molecular weight is 358 g/mol. The molecule has 122 valence electrons. The lowest BCUT2D eigenvalue weighted by atomic mass is 10.2. The van der Waals surface area contributed by atoms with Crippen molar-refractivity contribution in [3.8, 4) is 0 Å². The van der Waals surface area contributed by atoms with E-state index < -0.39 is 27.9 Å². The standard InChI is InChI=1S/C15H13ClFNO4S/c1-10(15(19)20)18(11-7-8-14(17)13(16)9-11)23(21,22)12-5-3-2-4-6-12/h2-10H,1H3,(H,19,20). The van der Waals surface area contributed by atoms with E-state index in [1.807, 2.05) is 0 Å². The molecular formula is C15H13ClFNO4S. The first-order valence-electron chi connectivity index (χ1n) is 6.52. The van der Waals surface area contributed by atoms with Crippen molar-refractivity contribution in [3.05, 3.63) is 59.4 Å². The van der Waals surface area contributed by atoms with Gasteiger partial charge in [0.2, 0.25) is 0 Å². The van der Waals surface area contributed by atoms with Crippen molar-refractivity contribution < 1.29 is 22.7 Å². The van der Waals surface area contributed by atoms with Crippen LogP contribution in [0.4, 0.5) is 10.1 Å².